The minimum atomic E-state index is -2.96. The van der Waals surface area contributed by atoms with Crippen molar-refractivity contribution < 1.29 is 44.3 Å². The predicted octanol–water partition coefficient (Wildman–Crippen LogP) is -0.172. The molecule has 0 heterocycles. The third kappa shape index (κ3) is 3.19. The third-order valence-electron chi connectivity index (χ3n) is 6.93. The molecule has 184 valence electrons. The third-order valence-corrected chi connectivity index (χ3v) is 6.93. The smallest absolute Gasteiger partial charge is 0.330 e. The Balaban J connectivity index is 2.08. The SMILES string of the molecule is C=CC(=O)O[C@@H]1[C@H]2[C@H](N(C)C)C(O)=C(C(N)=O)C(=O)[C@@]2(O)C(O)=C2C(=O)c3c(O)cccc3C[C@H]21. The molecular formula is C24H24N2O9. The fraction of sp³-hybridized carbons (Fsp3) is 0.333. The Morgan fingerprint density at radius 3 is 2.46 bits per heavy atom. The van der Waals surface area contributed by atoms with Gasteiger partial charge in [-0.25, -0.2) is 4.79 Å². The van der Waals surface area contributed by atoms with Crippen LogP contribution in [0.5, 0.6) is 5.75 Å². The number of Topliss-reactive ketones (excluding diaryl/α,β-unsaturated/α-hetero) is 2. The zero-order chi connectivity index (χ0) is 26.0. The van der Waals surface area contributed by atoms with Crippen molar-refractivity contribution in [3.63, 3.8) is 0 Å². The van der Waals surface area contributed by atoms with Gasteiger partial charge in [0.25, 0.3) is 5.91 Å². The number of rotatable bonds is 4. The molecule has 1 amide bonds. The number of ketones is 2. The highest BCUT2D eigenvalue weighted by Crippen LogP contribution is 2.53. The molecule has 35 heavy (non-hydrogen) atoms. The maximum Gasteiger partial charge on any atom is 0.330 e. The van der Waals surface area contributed by atoms with E-state index >= 15 is 0 Å². The Morgan fingerprint density at radius 1 is 1.23 bits per heavy atom. The Kier molecular flexibility index (Phi) is 5.57. The number of aromatic hydroxyl groups is 1. The average Bonchev–Trinajstić information content (AvgIpc) is 2.77. The molecule has 0 saturated carbocycles. The second-order valence-corrected chi connectivity index (χ2v) is 8.97. The van der Waals surface area contributed by atoms with Crippen LogP contribution in [0.25, 0.3) is 0 Å². The monoisotopic (exact) mass is 484 g/mol. The van der Waals surface area contributed by atoms with E-state index in [-0.39, 0.29) is 17.7 Å². The molecule has 4 rings (SSSR count). The first kappa shape index (κ1) is 24.2. The van der Waals surface area contributed by atoms with Gasteiger partial charge in [0.05, 0.1) is 17.5 Å². The number of carbonyl (C=O) groups excluding carboxylic acids is 4. The Labute approximate surface area is 199 Å². The summed E-state index contributed by atoms with van der Waals surface area (Å²) in [6, 6.07) is 3.03. The number of fused-ring (bicyclic) bond motifs is 3. The van der Waals surface area contributed by atoms with Gasteiger partial charge < -0.3 is 30.9 Å². The molecule has 1 aromatic carbocycles. The molecule has 0 bridgehead atoms. The number of ether oxygens (including phenoxy) is 1. The Hall–Kier alpha value is -3.96. The molecule has 0 aromatic heterocycles. The molecular weight excluding hydrogens is 460 g/mol. The molecule has 0 saturated heterocycles. The van der Waals surface area contributed by atoms with Gasteiger partial charge in [-0.05, 0) is 32.1 Å². The van der Waals surface area contributed by atoms with E-state index in [0.717, 1.165) is 6.08 Å². The van der Waals surface area contributed by atoms with E-state index < -0.39 is 75.7 Å². The van der Waals surface area contributed by atoms with Gasteiger partial charge in [0, 0.05) is 17.6 Å². The highest BCUT2D eigenvalue weighted by atomic mass is 16.5. The number of hydrogen-bond acceptors (Lipinski definition) is 10. The molecule has 0 unspecified atom stereocenters. The largest absolute Gasteiger partial charge is 0.510 e. The number of primary amides is 1. The van der Waals surface area contributed by atoms with Crippen LogP contribution in [0, 0.1) is 11.8 Å². The fourth-order valence-electron chi connectivity index (χ4n) is 5.51. The maximum absolute atomic E-state index is 13.5. The van der Waals surface area contributed by atoms with Gasteiger partial charge in [-0.1, -0.05) is 18.7 Å². The molecule has 0 spiro atoms. The first-order valence-corrected chi connectivity index (χ1v) is 10.7. The Morgan fingerprint density at radius 2 is 1.89 bits per heavy atom. The van der Waals surface area contributed by atoms with E-state index in [1.165, 1.54) is 31.1 Å². The number of esters is 1. The van der Waals surface area contributed by atoms with Gasteiger partial charge in [-0.3, -0.25) is 19.3 Å². The standard InChI is InChI=1S/C24H24N2O9/c1-4-12(28)35-20-10-8-9-6-5-7-11(27)13(9)18(29)14(10)21(31)24(34)16(20)17(26(2)3)19(30)15(22(24)32)23(25)33/h4-7,10,16-17,20,27,30-31,34H,1,8H2,2-3H3,(H2,25,33)/t10-,16-,17+,20+,24+/m1/s1. The number of phenols is 1. The van der Waals surface area contributed by atoms with Crippen LogP contribution in [0.1, 0.15) is 15.9 Å². The second kappa shape index (κ2) is 8.07. The normalized spacial score (nSPS) is 29.9. The van der Waals surface area contributed by atoms with Crippen molar-refractivity contribution in [1.29, 1.82) is 0 Å². The summed E-state index contributed by atoms with van der Waals surface area (Å²) < 4.78 is 5.55. The number of aliphatic hydroxyl groups excluding tert-OH is 2. The molecule has 0 radical (unpaired) electrons. The summed E-state index contributed by atoms with van der Waals surface area (Å²) in [5, 5.41) is 44.2. The molecule has 1 aromatic rings. The van der Waals surface area contributed by atoms with Crippen LogP contribution in [0.2, 0.25) is 0 Å². The van der Waals surface area contributed by atoms with Crippen LogP contribution in [0.4, 0.5) is 0 Å². The molecule has 0 aliphatic heterocycles. The number of aliphatic hydroxyl groups is 3. The van der Waals surface area contributed by atoms with Crippen molar-refractivity contribution >= 4 is 23.4 Å². The number of carbonyl (C=O) groups is 4. The zero-order valence-electron chi connectivity index (χ0n) is 18.9. The molecule has 11 nitrogen and oxygen atoms in total. The van der Waals surface area contributed by atoms with Gasteiger partial charge in [0.2, 0.25) is 5.78 Å². The van der Waals surface area contributed by atoms with Crippen LogP contribution in [0.3, 0.4) is 0 Å². The number of nitrogens with two attached hydrogens (primary N) is 1. The summed E-state index contributed by atoms with van der Waals surface area (Å²) in [4.78, 5) is 52.7. The molecule has 3 aliphatic carbocycles. The first-order chi connectivity index (χ1) is 16.4. The van der Waals surface area contributed by atoms with Crippen molar-refractivity contribution in [3.05, 3.63) is 64.6 Å². The van der Waals surface area contributed by atoms with Crippen LogP contribution in [0.15, 0.2) is 53.5 Å². The van der Waals surface area contributed by atoms with Crippen molar-refractivity contribution in [2.24, 2.45) is 17.6 Å². The van der Waals surface area contributed by atoms with Crippen LogP contribution in [-0.2, 0) is 25.5 Å². The van der Waals surface area contributed by atoms with Gasteiger partial charge >= 0.3 is 5.97 Å². The van der Waals surface area contributed by atoms with E-state index in [1.54, 1.807) is 6.07 Å². The molecule has 6 N–H and O–H groups in total. The van der Waals surface area contributed by atoms with Crippen molar-refractivity contribution in [2.75, 3.05) is 14.1 Å². The van der Waals surface area contributed by atoms with E-state index in [2.05, 4.69) is 6.58 Å². The number of phenolic OH excluding ortho intramolecular Hbond substituents is 1. The van der Waals surface area contributed by atoms with Gasteiger partial charge in [0.1, 0.15) is 28.9 Å². The lowest BCUT2D eigenvalue weighted by Crippen LogP contribution is -2.68. The summed E-state index contributed by atoms with van der Waals surface area (Å²) >= 11 is 0. The lowest BCUT2D eigenvalue weighted by atomic mass is 9.57. The van der Waals surface area contributed by atoms with E-state index in [9.17, 15) is 39.6 Å². The molecule has 5 atom stereocenters. The zero-order valence-corrected chi connectivity index (χ0v) is 18.9. The lowest BCUT2D eigenvalue weighted by molar-refractivity contribution is -0.176. The van der Waals surface area contributed by atoms with Gasteiger partial charge in [-0.2, -0.15) is 0 Å². The van der Waals surface area contributed by atoms with Crippen molar-refractivity contribution in [2.45, 2.75) is 24.2 Å². The summed E-state index contributed by atoms with van der Waals surface area (Å²) in [5.74, 6) is -9.43. The number of benzene rings is 1. The minimum absolute atomic E-state index is 0.0158. The van der Waals surface area contributed by atoms with E-state index in [1.807, 2.05) is 0 Å². The van der Waals surface area contributed by atoms with Crippen molar-refractivity contribution in [1.82, 2.24) is 4.90 Å². The quantitative estimate of drug-likeness (QED) is 0.218. The van der Waals surface area contributed by atoms with E-state index in [0.29, 0.717) is 5.56 Å². The lowest BCUT2D eigenvalue weighted by Gasteiger charge is -2.53. The summed E-state index contributed by atoms with van der Waals surface area (Å²) in [7, 11) is 2.94. The first-order valence-electron chi connectivity index (χ1n) is 10.7. The molecule has 3 aliphatic rings. The number of amides is 1. The van der Waals surface area contributed by atoms with Crippen LogP contribution < -0.4 is 5.73 Å². The Bertz CT molecular complexity index is 1260. The number of likely N-dealkylation sites (N-methyl/N-ethyl adjacent to an activating group) is 1. The van der Waals surface area contributed by atoms with Crippen molar-refractivity contribution in [3.8, 4) is 5.75 Å². The number of hydrogen-bond donors (Lipinski definition) is 5. The van der Waals surface area contributed by atoms with Gasteiger partial charge in [0.15, 0.2) is 11.4 Å². The molecule has 0 fully saturated rings. The second-order valence-electron chi connectivity index (χ2n) is 8.97. The van der Waals surface area contributed by atoms with E-state index in [4.69, 9.17) is 10.5 Å². The van der Waals surface area contributed by atoms with Crippen LogP contribution in [-0.4, -0.2) is 80.6 Å². The summed E-state index contributed by atoms with van der Waals surface area (Å²) in [6.07, 6.45) is -0.608. The van der Waals surface area contributed by atoms with Gasteiger partial charge in [-0.15, -0.1) is 0 Å². The highest BCUT2D eigenvalue weighted by molar-refractivity contribution is 6.25. The topological polar surface area (TPSA) is 188 Å². The summed E-state index contributed by atoms with van der Waals surface area (Å²) in [6.45, 7) is 3.35. The minimum Gasteiger partial charge on any atom is -0.510 e. The van der Waals surface area contributed by atoms with Crippen LogP contribution >= 0.6 is 0 Å². The maximum atomic E-state index is 13.5. The molecule has 11 heteroatoms. The number of nitrogens with zero attached hydrogens (tertiary/aromatic N) is 1. The average molecular weight is 484 g/mol. The highest BCUT2D eigenvalue weighted by Gasteiger charge is 2.67. The predicted molar refractivity (Wildman–Crippen MR) is 119 cm³/mol. The summed E-state index contributed by atoms with van der Waals surface area (Å²) in [5.41, 5.74) is 1.21. The fourth-order valence-corrected chi connectivity index (χ4v) is 5.51.